The maximum atomic E-state index is 5.45. The molecule has 2 N–H and O–H groups in total. The van der Waals surface area contributed by atoms with E-state index in [-0.39, 0.29) is 24.0 Å². The molecule has 0 amide bonds. The van der Waals surface area contributed by atoms with Gasteiger partial charge in [0.25, 0.3) is 0 Å². The molecule has 2 aromatic heterocycles. The Morgan fingerprint density at radius 1 is 1.22 bits per heavy atom. The van der Waals surface area contributed by atoms with Crippen LogP contribution >= 0.6 is 24.0 Å². The zero-order valence-electron chi connectivity index (χ0n) is 15.9. The fourth-order valence-corrected chi connectivity index (χ4v) is 2.23. The average molecular weight is 488 g/mol. The maximum absolute atomic E-state index is 5.45. The van der Waals surface area contributed by atoms with Gasteiger partial charge in [0.05, 0.1) is 19.8 Å². The van der Waals surface area contributed by atoms with Crippen LogP contribution in [0.4, 0.5) is 0 Å². The highest BCUT2D eigenvalue weighted by Gasteiger charge is 2.01. The number of pyridine rings is 1. The smallest absolute Gasteiger partial charge is 0.191 e. The summed E-state index contributed by atoms with van der Waals surface area (Å²) < 4.78 is 12.1. The number of aliphatic imine (C=N–C) groups is 1. The second-order valence-corrected chi connectivity index (χ2v) is 5.55. The predicted molar refractivity (Wildman–Crippen MR) is 117 cm³/mol. The van der Waals surface area contributed by atoms with Gasteiger partial charge in [0, 0.05) is 45.4 Å². The van der Waals surface area contributed by atoms with Crippen molar-refractivity contribution >= 4 is 29.9 Å². The van der Waals surface area contributed by atoms with Crippen LogP contribution in [0.5, 0.6) is 0 Å². The molecule has 0 saturated heterocycles. The van der Waals surface area contributed by atoms with Crippen molar-refractivity contribution in [2.24, 2.45) is 4.99 Å². The number of rotatable bonds is 11. The van der Waals surface area contributed by atoms with Crippen LogP contribution < -0.4 is 10.6 Å². The molecular formula is C18H29IN6O2. The Morgan fingerprint density at radius 3 is 2.85 bits per heavy atom. The number of methoxy groups -OCH3 is 1. The van der Waals surface area contributed by atoms with Gasteiger partial charge in [-0.1, -0.05) is 0 Å². The Hall–Kier alpha value is -1.72. The zero-order valence-corrected chi connectivity index (χ0v) is 18.3. The molecular weight excluding hydrogens is 459 g/mol. The van der Waals surface area contributed by atoms with Crippen molar-refractivity contribution < 1.29 is 9.47 Å². The molecule has 0 fully saturated rings. The van der Waals surface area contributed by atoms with Crippen molar-refractivity contribution in [3.63, 3.8) is 0 Å². The summed E-state index contributed by atoms with van der Waals surface area (Å²) in [6.07, 6.45) is 6.29. The maximum Gasteiger partial charge on any atom is 0.191 e. The van der Waals surface area contributed by atoms with Crippen LogP contribution in [0.3, 0.4) is 0 Å². The minimum absolute atomic E-state index is 0. The molecule has 27 heavy (non-hydrogen) atoms. The minimum Gasteiger partial charge on any atom is -0.382 e. The van der Waals surface area contributed by atoms with E-state index in [1.165, 1.54) is 0 Å². The van der Waals surface area contributed by atoms with Crippen LogP contribution in [0.25, 0.3) is 5.82 Å². The Bertz CT molecular complexity index is 651. The van der Waals surface area contributed by atoms with Gasteiger partial charge in [0.1, 0.15) is 0 Å². The highest BCUT2D eigenvalue weighted by molar-refractivity contribution is 14.0. The Labute approximate surface area is 177 Å². The minimum atomic E-state index is 0. The lowest BCUT2D eigenvalue weighted by molar-refractivity contribution is 0.0698. The van der Waals surface area contributed by atoms with E-state index in [0.29, 0.717) is 26.4 Å². The normalized spacial score (nSPS) is 11.1. The first-order valence-corrected chi connectivity index (χ1v) is 8.87. The molecule has 0 aliphatic carbocycles. The lowest BCUT2D eigenvalue weighted by Gasteiger charge is -2.11. The van der Waals surface area contributed by atoms with E-state index in [9.17, 15) is 0 Å². The summed E-state index contributed by atoms with van der Waals surface area (Å²) in [6.45, 7) is 6.19. The Balaban J connectivity index is 0.00000364. The number of ether oxygens (including phenoxy) is 2. The molecule has 0 aromatic carbocycles. The Morgan fingerprint density at radius 2 is 2.11 bits per heavy atom. The van der Waals surface area contributed by atoms with Crippen LogP contribution in [0.1, 0.15) is 18.9 Å². The van der Waals surface area contributed by atoms with Crippen LogP contribution in [0, 0.1) is 0 Å². The summed E-state index contributed by atoms with van der Waals surface area (Å²) in [4.78, 5) is 8.96. The van der Waals surface area contributed by atoms with Gasteiger partial charge in [-0.05, 0) is 37.1 Å². The SMILES string of the molecule is CCNC(=NCc1ccnc(-n2cccn2)c1)NCCCOCCOC.I. The molecule has 0 radical (unpaired) electrons. The van der Waals surface area contributed by atoms with Gasteiger partial charge in [-0.3, -0.25) is 0 Å². The van der Waals surface area contributed by atoms with Gasteiger partial charge in [-0.2, -0.15) is 5.10 Å². The number of guanidine groups is 1. The van der Waals surface area contributed by atoms with Crippen molar-refractivity contribution in [3.05, 3.63) is 42.4 Å². The molecule has 0 saturated carbocycles. The number of aromatic nitrogens is 3. The summed E-state index contributed by atoms with van der Waals surface area (Å²) in [7, 11) is 1.67. The molecule has 2 rings (SSSR count). The summed E-state index contributed by atoms with van der Waals surface area (Å²) >= 11 is 0. The summed E-state index contributed by atoms with van der Waals surface area (Å²) in [5.41, 5.74) is 1.07. The number of nitrogens with zero attached hydrogens (tertiary/aromatic N) is 4. The lowest BCUT2D eigenvalue weighted by atomic mass is 10.2. The van der Waals surface area contributed by atoms with Crippen LogP contribution in [0.2, 0.25) is 0 Å². The molecule has 0 unspecified atom stereocenters. The Kier molecular flexibility index (Phi) is 12.4. The fourth-order valence-electron chi connectivity index (χ4n) is 2.23. The number of hydrogen-bond donors (Lipinski definition) is 2. The van der Waals surface area contributed by atoms with Gasteiger partial charge in [0.2, 0.25) is 0 Å². The molecule has 0 bridgehead atoms. The monoisotopic (exact) mass is 488 g/mol. The van der Waals surface area contributed by atoms with E-state index in [4.69, 9.17) is 9.47 Å². The molecule has 2 aromatic rings. The topological polar surface area (TPSA) is 85.6 Å². The highest BCUT2D eigenvalue weighted by Crippen LogP contribution is 2.07. The first-order chi connectivity index (χ1) is 12.8. The second kappa shape index (κ2) is 14.4. The molecule has 9 heteroatoms. The fraction of sp³-hybridized carbons (Fsp3) is 0.500. The van der Waals surface area contributed by atoms with Gasteiger partial charge in [-0.25, -0.2) is 14.7 Å². The van der Waals surface area contributed by atoms with Crippen molar-refractivity contribution in [3.8, 4) is 5.82 Å². The van der Waals surface area contributed by atoms with Crippen molar-refractivity contribution in [1.82, 2.24) is 25.4 Å². The van der Waals surface area contributed by atoms with Gasteiger partial charge < -0.3 is 20.1 Å². The van der Waals surface area contributed by atoms with E-state index in [0.717, 1.165) is 36.9 Å². The first-order valence-electron chi connectivity index (χ1n) is 8.87. The third kappa shape index (κ3) is 9.16. The molecule has 0 aliphatic rings. The number of halogens is 1. The predicted octanol–water partition coefficient (Wildman–Crippen LogP) is 1.99. The summed E-state index contributed by atoms with van der Waals surface area (Å²) in [6, 6.07) is 5.83. The third-order valence-electron chi connectivity index (χ3n) is 3.50. The first kappa shape index (κ1) is 23.3. The van der Waals surface area contributed by atoms with Crippen molar-refractivity contribution in [2.75, 3.05) is 40.0 Å². The van der Waals surface area contributed by atoms with Gasteiger partial charge >= 0.3 is 0 Å². The summed E-state index contributed by atoms with van der Waals surface area (Å²) in [5, 5.41) is 10.8. The van der Waals surface area contributed by atoms with Gasteiger partial charge in [0.15, 0.2) is 11.8 Å². The largest absolute Gasteiger partial charge is 0.382 e. The molecule has 8 nitrogen and oxygen atoms in total. The van der Waals surface area contributed by atoms with E-state index >= 15 is 0 Å². The molecule has 0 aliphatic heterocycles. The second-order valence-electron chi connectivity index (χ2n) is 5.55. The lowest BCUT2D eigenvalue weighted by Crippen LogP contribution is -2.38. The third-order valence-corrected chi connectivity index (χ3v) is 3.50. The highest BCUT2D eigenvalue weighted by atomic mass is 127. The molecule has 0 atom stereocenters. The number of nitrogens with one attached hydrogen (secondary N) is 2. The number of hydrogen-bond acceptors (Lipinski definition) is 5. The van der Waals surface area contributed by atoms with Crippen molar-refractivity contribution in [1.29, 1.82) is 0 Å². The van der Waals surface area contributed by atoms with E-state index in [2.05, 4.69) is 25.7 Å². The zero-order chi connectivity index (χ0) is 18.5. The van der Waals surface area contributed by atoms with Crippen LogP contribution in [-0.4, -0.2) is 60.7 Å². The molecule has 2 heterocycles. The summed E-state index contributed by atoms with van der Waals surface area (Å²) in [5.74, 6) is 1.58. The average Bonchev–Trinajstić information content (AvgIpc) is 3.20. The van der Waals surface area contributed by atoms with Crippen LogP contribution in [0.15, 0.2) is 41.8 Å². The van der Waals surface area contributed by atoms with Crippen molar-refractivity contribution in [2.45, 2.75) is 19.9 Å². The van der Waals surface area contributed by atoms with E-state index < -0.39 is 0 Å². The van der Waals surface area contributed by atoms with E-state index in [1.807, 2.05) is 31.3 Å². The molecule has 0 spiro atoms. The van der Waals surface area contributed by atoms with Crippen LogP contribution in [-0.2, 0) is 16.0 Å². The molecule has 150 valence electrons. The standard InChI is InChI=1S/C18H28N6O2.HI/c1-3-19-18(21-7-5-11-26-13-12-25-2)22-15-16-6-9-20-17(14-16)24-10-4-8-23-24;/h4,6,8-10,14H,3,5,7,11-13,15H2,1-2H3,(H2,19,21,22);1H. The van der Waals surface area contributed by atoms with Gasteiger partial charge in [-0.15, -0.1) is 24.0 Å². The van der Waals surface area contributed by atoms with E-state index in [1.54, 1.807) is 24.2 Å². The quantitative estimate of drug-likeness (QED) is 0.218.